The van der Waals surface area contributed by atoms with Crippen LogP contribution in [-0.2, 0) is 0 Å². The number of hydrogen-bond acceptors (Lipinski definition) is 3. The van der Waals surface area contributed by atoms with Crippen LogP contribution in [0.25, 0.3) is 0 Å². The van der Waals surface area contributed by atoms with Gasteiger partial charge in [0.1, 0.15) is 0 Å². The predicted octanol–water partition coefficient (Wildman–Crippen LogP) is -0.210. The Morgan fingerprint density at radius 1 is 1.73 bits per heavy atom. The Hall–Kier alpha value is -0.120. The summed E-state index contributed by atoms with van der Waals surface area (Å²) in [7, 11) is 0. The number of likely N-dealkylation sites (tertiary alicyclic amines) is 1. The highest BCUT2D eigenvalue weighted by Gasteiger charge is 2.20. The van der Waals surface area contributed by atoms with Gasteiger partial charge in [-0.15, -0.1) is 0 Å². The molecule has 0 saturated carbocycles. The quantitative estimate of drug-likeness (QED) is 0.597. The van der Waals surface area contributed by atoms with Gasteiger partial charge in [0.25, 0.3) is 0 Å². The third kappa shape index (κ3) is 2.77. The van der Waals surface area contributed by atoms with Crippen LogP contribution in [-0.4, -0.2) is 41.8 Å². The average molecular weight is 158 g/mol. The Balaban J connectivity index is 2.17. The van der Waals surface area contributed by atoms with E-state index in [0.717, 1.165) is 32.5 Å². The van der Waals surface area contributed by atoms with Gasteiger partial charge in [0.05, 0.1) is 6.10 Å². The van der Waals surface area contributed by atoms with E-state index in [1.54, 1.807) is 0 Å². The number of nitrogens with zero attached hydrogens (tertiary/aromatic N) is 1. The van der Waals surface area contributed by atoms with E-state index in [-0.39, 0.29) is 6.10 Å². The number of aliphatic hydroxyl groups is 1. The summed E-state index contributed by atoms with van der Waals surface area (Å²) in [5.74, 6) is 0. The van der Waals surface area contributed by atoms with Crippen LogP contribution in [0.15, 0.2) is 0 Å². The number of β-amino-alcohol motifs (C(OH)–C–C–N with tert-alkyl or cyclic N) is 1. The minimum absolute atomic E-state index is 0.166. The van der Waals surface area contributed by atoms with Crippen molar-refractivity contribution in [3.8, 4) is 0 Å². The van der Waals surface area contributed by atoms with Gasteiger partial charge in [-0.25, -0.2) is 0 Å². The molecular weight excluding hydrogens is 140 g/mol. The van der Waals surface area contributed by atoms with Crippen LogP contribution in [0.5, 0.6) is 0 Å². The van der Waals surface area contributed by atoms with Crippen LogP contribution < -0.4 is 5.73 Å². The Morgan fingerprint density at radius 3 is 2.91 bits per heavy atom. The Morgan fingerprint density at radius 2 is 2.45 bits per heavy atom. The number of hydrogen-bond donors (Lipinski definition) is 2. The van der Waals surface area contributed by atoms with Gasteiger partial charge >= 0.3 is 0 Å². The fraction of sp³-hybridized carbons (Fsp3) is 1.00. The molecule has 1 aliphatic rings. The van der Waals surface area contributed by atoms with Gasteiger partial charge in [-0.2, -0.15) is 0 Å². The summed E-state index contributed by atoms with van der Waals surface area (Å²) in [6.07, 6.45) is 1.75. The molecule has 11 heavy (non-hydrogen) atoms. The van der Waals surface area contributed by atoms with E-state index in [9.17, 15) is 5.11 Å². The first-order valence-corrected chi connectivity index (χ1v) is 4.38. The van der Waals surface area contributed by atoms with E-state index in [1.165, 1.54) is 0 Å². The first-order valence-electron chi connectivity index (χ1n) is 4.38. The van der Waals surface area contributed by atoms with Crippen molar-refractivity contribution in [2.75, 3.05) is 19.6 Å². The molecule has 1 saturated heterocycles. The highest BCUT2D eigenvalue weighted by atomic mass is 16.3. The second kappa shape index (κ2) is 4.04. The number of rotatable bonds is 3. The molecule has 0 bridgehead atoms. The van der Waals surface area contributed by atoms with Crippen molar-refractivity contribution in [2.24, 2.45) is 5.73 Å². The van der Waals surface area contributed by atoms with Crippen molar-refractivity contribution < 1.29 is 5.11 Å². The second-order valence-electron chi connectivity index (χ2n) is 3.37. The topological polar surface area (TPSA) is 49.5 Å². The molecule has 0 aromatic rings. The lowest BCUT2D eigenvalue weighted by molar-refractivity contribution is 0.121. The SMILES string of the molecule is CCC(O)CN1CCC(N)C1. The van der Waals surface area contributed by atoms with Crippen molar-refractivity contribution in [3.63, 3.8) is 0 Å². The summed E-state index contributed by atoms with van der Waals surface area (Å²) in [5.41, 5.74) is 5.72. The van der Waals surface area contributed by atoms with Crippen LogP contribution in [0.2, 0.25) is 0 Å². The van der Waals surface area contributed by atoms with E-state index in [4.69, 9.17) is 5.73 Å². The molecule has 3 nitrogen and oxygen atoms in total. The zero-order chi connectivity index (χ0) is 8.27. The van der Waals surface area contributed by atoms with Gasteiger partial charge in [0, 0.05) is 19.1 Å². The Labute approximate surface area is 68.2 Å². The molecule has 3 N–H and O–H groups in total. The maximum Gasteiger partial charge on any atom is 0.0664 e. The molecule has 2 atom stereocenters. The highest BCUT2D eigenvalue weighted by molar-refractivity contribution is 4.78. The van der Waals surface area contributed by atoms with Gasteiger partial charge in [-0.1, -0.05) is 6.92 Å². The smallest absolute Gasteiger partial charge is 0.0664 e. The maximum atomic E-state index is 9.32. The molecule has 1 rings (SSSR count). The molecule has 0 amide bonds. The molecule has 0 radical (unpaired) electrons. The summed E-state index contributed by atoms with van der Waals surface area (Å²) < 4.78 is 0. The number of nitrogens with two attached hydrogens (primary N) is 1. The zero-order valence-corrected chi connectivity index (χ0v) is 7.16. The third-order valence-corrected chi connectivity index (χ3v) is 2.25. The zero-order valence-electron chi connectivity index (χ0n) is 7.16. The van der Waals surface area contributed by atoms with Crippen molar-refractivity contribution >= 4 is 0 Å². The van der Waals surface area contributed by atoms with Crippen LogP contribution in [0.1, 0.15) is 19.8 Å². The third-order valence-electron chi connectivity index (χ3n) is 2.25. The van der Waals surface area contributed by atoms with Crippen molar-refractivity contribution in [2.45, 2.75) is 31.9 Å². The lowest BCUT2D eigenvalue weighted by atomic mass is 10.2. The van der Waals surface area contributed by atoms with E-state index in [2.05, 4.69) is 4.90 Å². The van der Waals surface area contributed by atoms with Gasteiger partial charge in [0.15, 0.2) is 0 Å². The Kier molecular flexibility index (Phi) is 3.30. The van der Waals surface area contributed by atoms with E-state index in [0.29, 0.717) is 6.04 Å². The summed E-state index contributed by atoms with van der Waals surface area (Å²) in [6.45, 7) is 4.81. The molecule has 1 fully saturated rings. The lowest BCUT2D eigenvalue weighted by Crippen LogP contribution is -2.32. The first-order chi connectivity index (χ1) is 5.22. The largest absolute Gasteiger partial charge is 0.392 e. The molecular formula is C8H18N2O. The van der Waals surface area contributed by atoms with E-state index >= 15 is 0 Å². The number of aliphatic hydroxyl groups excluding tert-OH is 1. The van der Waals surface area contributed by atoms with Gasteiger partial charge in [0.2, 0.25) is 0 Å². The predicted molar refractivity (Wildman–Crippen MR) is 45.3 cm³/mol. The maximum absolute atomic E-state index is 9.32. The second-order valence-corrected chi connectivity index (χ2v) is 3.37. The lowest BCUT2D eigenvalue weighted by Gasteiger charge is -2.18. The Bertz CT molecular complexity index is 119. The fourth-order valence-electron chi connectivity index (χ4n) is 1.46. The van der Waals surface area contributed by atoms with Crippen LogP contribution in [0.3, 0.4) is 0 Å². The first kappa shape index (κ1) is 8.97. The van der Waals surface area contributed by atoms with Gasteiger partial charge in [-0.3, -0.25) is 4.90 Å². The van der Waals surface area contributed by atoms with Gasteiger partial charge in [-0.05, 0) is 19.4 Å². The summed E-state index contributed by atoms with van der Waals surface area (Å²) in [6, 6.07) is 0.332. The summed E-state index contributed by atoms with van der Waals surface area (Å²) >= 11 is 0. The fourth-order valence-corrected chi connectivity index (χ4v) is 1.46. The van der Waals surface area contributed by atoms with Crippen molar-refractivity contribution in [1.29, 1.82) is 0 Å². The molecule has 1 aliphatic heterocycles. The normalized spacial score (nSPS) is 29.2. The van der Waals surface area contributed by atoms with Crippen LogP contribution in [0, 0.1) is 0 Å². The van der Waals surface area contributed by atoms with Crippen LogP contribution >= 0.6 is 0 Å². The molecule has 0 aromatic heterocycles. The minimum atomic E-state index is -0.166. The molecule has 1 heterocycles. The average Bonchev–Trinajstić information content (AvgIpc) is 2.35. The molecule has 2 unspecified atom stereocenters. The standard InChI is InChI=1S/C8H18N2O/c1-2-8(11)6-10-4-3-7(9)5-10/h7-8,11H,2-6,9H2,1H3. The molecule has 3 heteroatoms. The highest BCUT2D eigenvalue weighted by Crippen LogP contribution is 2.07. The summed E-state index contributed by atoms with van der Waals surface area (Å²) in [4.78, 5) is 2.23. The van der Waals surface area contributed by atoms with Gasteiger partial charge < -0.3 is 10.8 Å². The van der Waals surface area contributed by atoms with Crippen molar-refractivity contribution in [3.05, 3.63) is 0 Å². The van der Waals surface area contributed by atoms with E-state index in [1.807, 2.05) is 6.92 Å². The molecule has 66 valence electrons. The molecule has 0 spiro atoms. The monoisotopic (exact) mass is 158 g/mol. The molecule has 0 aliphatic carbocycles. The minimum Gasteiger partial charge on any atom is -0.392 e. The summed E-state index contributed by atoms with van der Waals surface area (Å²) in [5, 5.41) is 9.32. The van der Waals surface area contributed by atoms with E-state index < -0.39 is 0 Å². The van der Waals surface area contributed by atoms with Crippen molar-refractivity contribution in [1.82, 2.24) is 4.90 Å². The molecule has 0 aromatic carbocycles. The van der Waals surface area contributed by atoms with Crippen LogP contribution in [0.4, 0.5) is 0 Å².